The van der Waals surface area contributed by atoms with Gasteiger partial charge < -0.3 is 24.8 Å². The van der Waals surface area contributed by atoms with E-state index in [-0.39, 0.29) is 53.1 Å². The van der Waals surface area contributed by atoms with Crippen LogP contribution >= 0.6 is 0 Å². The van der Waals surface area contributed by atoms with Crippen LogP contribution in [0.1, 0.15) is 34.5 Å². The van der Waals surface area contributed by atoms with Gasteiger partial charge in [0.25, 0.3) is 0 Å². The van der Waals surface area contributed by atoms with Crippen molar-refractivity contribution in [3.05, 3.63) is 77.4 Å². The number of fused-ring (bicyclic) bond motifs is 2. The van der Waals surface area contributed by atoms with Gasteiger partial charge in [0.15, 0.2) is 0 Å². The minimum absolute atomic E-state index is 0. The number of rotatable bonds is 5. The predicted octanol–water partition coefficient (Wildman–Crippen LogP) is 1.09. The molecule has 1 radical (unpaired) electrons. The van der Waals surface area contributed by atoms with Crippen molar-refractivity contribution in [2.45, 2.75) is 36.5 Å². The van der Waals surface area contributed by atoms with Crippen molar-refractivity contribution in [1.29, 1.82) is 0 Å². The molecule has 0 aliphatic heterocycles. The summed E-state index contributed by atoms with van der Waals surface area (Å²) in [6.45, 7) is 7.36. The van der Waals surface area contributed by atoms with Gasteiger partial charge in [-0.2, -0.15) is 0 Å². The second-order valence-electron chi connectivity index (χ2n) is 7.38. The maximum Gasteiger partial charge on any atom is -1.00 e. The van der Waals surface area contributed by atoms with Gasteiger partial charge in [0, 0.05) is 0 Å². The summed E-state index contributed by atoms with van der Waals surface area (Å²) in [5.74, 6) is -0.0914. The monoisotopic (exact) mass is 501 g/mol. The number of halogens is 2. The summed E-state index contributed by atoms with van der Waals surface area (Å²) in [6, 6.07) is 22.6. The number of allylic oxidation sites excluding steroid dienone is 1. The van der Waals surface area contributed by atoms with Crippen molar-refractivity contribution in [2.24, 2.45) is 0 Å². The second kappa shape index (κ2) is 10.4. The minimum atomic E-state index is -0.372. The van der Waals surface area contributed by atoms with Crippen LogP contribution in [-0.4, -0.2) is 5.92 Å². The van der Waals surface area contributed by atoms with Gasteiger partial charge in [0.05, 0.1) is 0 Å². The molecule has 0 saturated carbocycles. The smallest absolute Gasteiger partial charge is 1.00 e. The predicted molar refractivity (Wildman–Crippen MR) is 112 cm³/mol. The van der Waals surface area contributed by atoms with Crippen molar-refractivity contribution in [3.63, 3.8) is 0 Å². The standard InChI is InChI=1S/C22H19.C2H6Si.2ClH.Zr/c1-2-7-16-14-18-10-6-13-21(22(18)15-16)20-12-5-9-17-8-3-4-11-19(17)20;1-3-2;;;/h3-6,8-15H,2,7H2,1H3;1-2H3;2*1H;/q;;;;+2/p-2. The maximum atomic E-state index is 2.56. The van der Waals surface area contributed by atoms with Gasteiger partial charge in [-0.15, -0.1) is 0 Å². The molecule has 1 aliphatic carbocycles. The zero-order valence-corrected chi connectivity index (χ0v) is 21.6. The molecular weight excluding hydrogens is 478 g/mol. The number of hydrogen-bond donors (Lipinski definition) is 0. The van der Waals surface area contributed by atoms with E-state index in [1.807, 2.05) is 0 Å². The normalized spacial score (nSPS) is 14.7. The van der Waals surface area contributed by atoms with Crippen molar-refractivity contribution in [1.82, 2.24) is 0 Å². The number of hydrogen-bond acceptors (Lipinski definition) is 0. The summed E-state index contributed by atoms with van der Waals surface area (Å²) >= 11 is -0.372. The summed E-state index contributed by atoms with van der Waals surface area (Å²) < 4.78 is 0.812. The summed E-state index contributed by atoms with van der Waals surface area (Å²) in [7, 11) is 0. The molecule has 0 spiro atoms. The van der Waals surface area contributed by atoms with E-state index in [1.165, 1.54) is 40.3 Å². The van der Waals surface area contributed by atoms with Gasteiger partial charge in [-0.25, -0.2) is 0 Å². The van der Waals surface area contributed by atoms with Gasteiger partial charge in [0.1, 0.15) is 0 Å². The third-order valence-electron chi connectivity index (χ3n) is 5.20. The maximum absolute atomic E-state index is 2.56. The molecule has 1 atom stereocenters. The van der Waals surface area contributed by atoms with Crippen LogP contribution in [-0.2, 0) is 22.4 Å². The Kier molecular flexibility index (Phi) is 8.77. The van der Waals surface area contributed by atoms with E-state index in [0.29, 0.717) is 0 Å². The molecule has 28 heavy (non-hydrogen) atoms. The Labute approximate surface area is 193 Å². The van der Waals surface area contributed by atoms with E-state index in [9.17, 15) is 0 Å². The Morgan fingerprint density at radius 2 is 1.54 bits per heavy atom. The molecule has 0 saturated heterocycles. The van der Waals surface area contributed by atoms with Gasteiger partial charge in [0.2, 0.25) is 0 Å². The SMILES string of the molecule is CCCC1=Cc2c(-c3cccc4ccccc34)cccc2[CH]1[Zr+2][Si](C)C.[Cl-].[Cl-]. The molecule has 4 rings (SSSR count). The molecule has 0 aromatic heterocycles. The van der Waals surface area contributed by atoms with Crippen LogP contribution in [0.15, 0.2) is 66.2 Å². The van der Waals surface area contributed by atoms with Crippen molar-refractivity contribution in [2.75, 3.05) is 0 Å². The average molecular weight is 504 g/mol. The van der Waals surface area contributed by atoms with Crippen LogP contribution in [0, 0.1) is 0 Å². The molecule has 0 bridgehead atoms. The second-order valence-corrected chi connectivity index (χ2v) is 20.6. The third-order valence-corrected chi connectivity index (χ3v) is 14.1. The Bertz CT molecular complexity index is 976. The number of benzene rings is 3. The van der Waals surface area contributed by atoms with Crippen LogP contribution in [0.4, 0.5) is 0 Å². The van der Waals surface area contributed by atoms with E-state index in [0.717, 1.165) is 3.63 Å². The first-order valence-corrected chi connectivity index (χ1v) is 17.2. The fourth-order valence-electron chi connectivity index (χ4n) is 4.12. The average Bonchev–Trinajstić information content (AvgIpc) is 2.98. The van der Waals surface area contributed by atoms with Crippen LogP contribution < -0.4 is 24.8 Å². The quantitative estimate of drug-likeness (QED) is 0.458. The molecule has 0 heterocycles. The summed E-state index contributed by atoms with van der Waals surface area (Å²) in [6.07, 6.45) is 5.09. The molecule has 143 valence electrons. The first-order chi connectivity index (χ1) is 12.7. The minimum Gasteiger partial charge on any atom is -1.00 e. The van der Waals surface area contributed by atoms with Crippen molar-refractivity contribution in [3.8, 4) is 11.1 Å². The molecule has 0 amide bonds. The van der Waals surface area contributed by atoms with Crippen LogP contribution in [0.3, 0.4) is 0 Å². The topological polar surface area (TPSA) is 0 Å². The van der Waals surface area contributed by atoms with E-state index < -0.39 is 0 Å². The molecule has 3 aromatic rings. The Morgan fingerprint density at radius 1 is 0.857 bits per heavy atom. The molecule has 1 aliphatic rings. The van der Waals surface area contributed by atoms with Crippen LogP contribution in [0.25, 0.3) is 28.0 Å². The summed E-state index contributed by atoms with van der Waals surface area (Å²) in [4.78, 5) is 0. The Morgan fingerprint density at radius 3 is 2.29 bits per heavy atom. The molecular formula is C24H25Cl2SiZr. The van der Waals surface area contributed by atoms with Crippen molar-refractivity contribution < 1.29 is 47.2 Å². The summed E-state index contributed by atoms with van der Waals surface area (Å²) in [5, 5.41) is 2.70. The molecule has 1 unspecified atom stereocenters. The molecule has 0 N–H and O–H groups in total. The first kappa shape index (κ1) is 23.6. The summed E-state index contributed by atoms with van der Waals surface area (Å²) in [5.41, 5.74) is 7.69. The van der Waals surface area contributed by atoms with Gasteiger partial charge in [-0.1, -0.05) is 0 Å². The van der Waals surface area contributed by atoms with Crippen LogP contribution in [0.5, 0.6) is 0 Å². The largest absolute Gasteiger partial charge is 1.00 e. The fraction of sp³-hybridized carbons (Fsp3) is 0.250. The van der Waals surface area contributed by atoms with Crippen molar-refractivity contribution >= 4 is 22.8 Å². The zero-order chi connectivity index (χ0) is 18.1. The third kappa shape index (κ3) is 4.57. The van der Waals surface area contributed by atoms with E-state index in [1.54, 1.807) is 11.1 Å². The molecule has 0 fully saturated rings. The molecule has 3 aromatic carbocycles. The van der Waals surface area contributed by atoms with Gasteiger partial charge >= 0.3 is 170 Å². The van der Waals surface area contributed by atoms with Gasteiger partial charge in [-0.3, -0.25) is 0 Å². The fourth-order valence-corrected chi connectivity index (χ4v) is 13.0. The Balaban J connectivity index is 0.00000140. The van der Waals surface area contributed by atoms with E-state index in [4.69, 9.17) is 0 Å². The Hall–Kier alpha value is -0.660. The zero-order valence-electron chi connectivity index (χ0n) is 16.6. The van der Waals surface area contributed by atoms with Crippen LogP contribution in [0.2, 0.25) is 13.1 Å². The molecule has 0 nitrogen and oxygen atoms in total. The molecule has 4 heteroatoms. The first-order valence-electron chi connectivity index (χ1n) is 9.57. The van der Waals surface area contributed by atoms with Gasteiger partial charge in [-0.05, 0) is 0 Å². The van der Waals surface area contributed by atoms with E-state index in [2.05, 4.69) is 86.8 Å². The van der Waals surface area contributed by atoms with E-state index >= 15 is 0 Å².